The van der Waals surface area contributed by atoms with Gasteiger partial charge in [0.15, 0.2) is 5.82 Å². The monoisotopic (exact) mass is 267 g/mol. The van der Waals surface area contributed by atoms with Crippen molar-refractivity contribution in [1.82, 2.24) is 9.78 Å². The molecule has 0 radical (unpaired) electrons. The van der Waals surface area contributed by atoms with E-state index in [1.165, 1.54) is 12.1 Å². The summed E-state index contributed by atoms with van der Waals surface area (Å²) in [6.45, 7) is 1.87. The first-order valence-electron chi connectivity index (χ1n) is 5.24. The molecule has 1 aromatic heterocycles. The zero-order valence-electron chi connectivity index (χ0n) is 9.87. The van der Waals surface area contributed by atoms with Crippen LogP contribution in [0.2, 0.25) is 5.02 Å². The standard InChI is InChI=1S/C12H11ClFN3O/c1-7-5-11(16-17(7)2)15-12(18)9-4-3-8(14)6-10(9)13/h3-6H,1-2H3,(H,15,16,18). The van der Waals surface area contributed by atoms with Crippen LogP contribution in [0.15, 0.2) is 24.3 Å². The van der Waals surface area contributed by atoms with Gasteiger partial charge in [-0.1, -0.05) is 11.6 Å². The second-order valence-electron chi connectivity index (χ2n) is 3.87. The summed E-state index contributed by atoms with van der Waals surface area (Å²) in [6, 6.07) is 5.35. The Morgan fingerprint density at radius 3 is 2.72 bits per heavy atom. The molecular formula is C12H11ClFN3O. The van der Waals surface area contributed by atoms with Gasteiger partial charge in [-0.3, -0.25) is 9.48 Å². The van der Waals surface area contributed by atoms with E-state index in [2.05, 4.69) is 10.4 Å². The van der Waals surface area contributed by atoms with Crippen molar-refractivity contribution in [2.75, 3.05) is 5.32 Å². The number of halogens is 2. The molecule has 2 aromatic rings. The number of carbonyl (C=O) groups excluding carboxylic acids is 1. The highest BCUT2D eigenvalue weighted by atomic mass is 35.5. The molecule has 94 valence electrons. The average molecular weight is 268 g/mol. The van der Waals surface area contributed by atoms with E-state index in [0.717, 1.165) is 11.8 Å². The predicted molar refractivity (Wildman–Crippen MR) is 67.3 cm³/mol. The van der Waals surface area contributed by atoms with Crippen molar-refractivity contribution in [3.8, 4) is 0 Å². The molecule has 0 aliphatic carbocycles. The first-order valence-corrected chi connectivity index (χ1v) is 5.62. The van der Waals surface area contributed by atoms with E-state index in [9.17, 15) is 9.18 Å². The topological polar surface area (TPSA) is 46.9 Å². The lowest BCUT2D eigenvalue weighted by molar-refractivity contribution is 0.102. The van der Waals surface area contributed by atoms with Gasteiger partial charge in [0.1, 0.15) is 5.82 Å². The van der Waals surface area contributed by atoms with Gasteiger partial charge in [-0.15, -0.1) is 0 Å². The van der Waals surface area contributed by atoms with Gasteiger partial charge in [0.25, 0.3) is 5.91 Å². The number of hydrogen-bond acceptors (Lipinski definition) is 2. The Hall–Kier alpha value is -1.88. The Labute approximate surface area is 108 Å². The van der Waals surface area contributed by atoms with Crippen molar-refractivity contribution >= 4 is 23.3 Å². The van der Waals surface area contributed by atoms with Crippen molar-refractivity contribution in [3.05, 3.63) is 46.4 Å². The summed E-state index contributed by atoms with van der Waals surface area (Å²) in [5.74, 6) is -0.469. The lowest BCUT2D eigenvalue weighted by Crippen LogP contribution is -2.13. The number of amides is 1. The maximum atomic E-state index is 12.9. The molecule has 4 nitrogen and oxygen atoms in total. The second kappa shape index (κ2) is 4.78. The van der Waals surface area contributed by atoms with Crippen LogP contribution in [0.5, 0.6) is 0 Å². The number of anilines is 1. The molecule has 18 heavy (non-hydrogen) atoms. The minimum absolute atomic E-state index is 0.0696. The molecule has 0 bridgehead atoms. The number of aromatic nitrogens is 2. The van der Waals surface area contributed by atoms with E-state index < -0.39 is 11.7 Å². The molecular weight excluding hydrogens is 257 g/mol. The summed E-state index contributed by atoms with van der Waals surface area (Å²) in [4.78, 5) is 11.9. The minimum Gasteiger partial charge on any atom is -0.305 e. The van der Waals surface area contributed by atoms with Crippen LogP contribution < -0.4 is 5.32 Å². The number of carbonyl (C=O) groups is 1. The number of aryl methyl sites for hydroxylation is 2. The Morgan fingerprint density at radius 2 is 2.17 bits per heavy atom. The summed E-state index contributed by atoms with van der Waals surface area (Å²) in [7, 11) is 1.77. The fourth-order valence-corrected chi connectivity index (χ4v) is 1.73. The zero-order valence-corrected chi connectivity index (χ0v) is 10.6. The molecule has 0 unspecified atom stereocenters. The van der Waals surface area contributed by atoms with Gasteiger partial charge in [0, 0.05) is 18.8 Å². The number of nitrogens with zero attached hydrogens (tertiary/aromatic N) is 2. The highest BCUT2D eigenvalue weighted by Crippen LogP contribution is 2.18. The largest absolute Gasteiger partial charge is 0.305 e. The molecule has 0 fully saturated rings. The van der Waals surface area contributed by atoms with E-state index in [4.69, 9.17) is 11.6 Å². The van der Waals surface area contributed by atoms with Crippen LogP contribution in [-0.4, -0.2) is 15.7 Å². The summed E-state index contributed by atoms with van der Waals surface area (Å²) >= 11 is 5.80. The molecule has 6 heteroatoms. The first kappa shape index (κ1) is 12.6. The molecule has 0 spiro atoms. The summed E-state index contributed by atoms with van der Waals surface area (Å²) < 4.78 is 14.5. The number of nitrogens with one attached hydrogen (secondary N) is 1. The van der Waals surface area contributed by atoms with Crippen molar-refractivity contribution < 1.29 is 9.18 Å². The van der Waals surface area contributed by atoms with Crippen molar-refractivity contribution in [3.63, 3.8) is 0 Å². The number of rotatable bonds is 2. The van der Waals surface area contributed by atoms with E-state index in [1.54, 1.807) is 17.8 Å². The van der Waals surface area contributed by atoms with Crippen LogP contribution >= 0.6 is 11.6 Å². The zero-order chi connectivity index (χ0) is 13.3. The van der Waals surface area contributed by atoms with Gasteiger partial charge >= 0.3 is 0 Å². The van der Waals surface area contributed by atoms with Crippen LogP contribution in [0.4, 0.5) is 10.2 Å². The smallest absolute Gasteiger partial charge is 0.258 e. The Kier molecular flexibility index (Phi) is 3.34. The van der Waals surface area contributed by atoms with Crippen LogP contribution in [-0.2, 0) is 7.05 Å². The third-order valence-corrected chi connectivity index (χ3v) is 2.84. The molecule has 0 aliphatic rings. The molecule has 1 aromatic carbocycles. The van der Waals surface area contributed by atoms with Crippen molar-refractivity contribution in [2.24, 2.45) is 7.05 Å². The summed E-state index contributed by atoms with van der Waals surface area (Å²) in [5, 5.41) is 6.76. The van der Waals surface area contributed by atoms with Gasteiger partial charge in [0.2, 0.25) is 0 Å². The normalized spacial score (nSPS) is 10.4. The SMILES string of the molecule is Cc1cc(NC(=O)c2ccc(F)cc2Cl)nn1C. The van der Waals surface area contributed by atoms with Gasteiger partial charge in [0.05, 0.1) is 10.6 Å². The lowest BCUT2D eigenvalue weighted by atomic mass is 10.2. The maximum Gasteiger partial charge on any atom is 0.258 e. The fraction of sp³-hybridized carbons (Fsp3) is 0.167. The van der Waals surface area contributed by atoms with Crippen LogP contribution in [0, 0.1) is 12.7 Å². The van der Waals surface area contributed by atoms with Crippen LogP contribution in [0.3, 0.4) is 0 Å². The molecule has 0 aliphatic heterocycles. The fourth-order valence-electron chi connectivity index (χ4n) is 1.48. The van der Waals surface area contributed by atoms with E-state index >= 15 is 0 Å². The second-order valence-corrected chi connectivity index (χ2v) is 4.28. The van der Waals surface area contributed by atoms with Gasteiger partial charge in [-0.25, -0.2) is 4.39 Å². The first-order chi connectivity index (χ1) is 8.47. The Morgan fingerprint density at radius 1 is 1.44 bits per heavy atom. The van der Waals surface area contributed by atoms with Gasteiger partial charge in [-0.2, -0.15) is 5.10 Å². The van der Waals surface area contributed by atoms with Crippen molar-refractivity contribution in [1.29, 1.82) is 0 Å². The van der Waals surface area contributed by atoms with E-state index in [-0.39, 0.29) is 10.6 Å². The van der Waals surface area contributed by atoms with Gasteiger partial charge in [-0.05, 0) is 25.1 Å². The maximum absolute atomic E-state index is 12.9. The van der Waals surface area contributed by atoms with E-state index in [1.807, 2.05) is 6.92 Å². The average Bonchev–Trinajstić information content (AvgIpc) is 2.57. The highest BCUT2D eigenvalue weighted by molar-refractivity contribution is 6.34. The molecule has 1 heterocycles. The Bertz CT molecular complexity index is 590. The molecule has 0 saturated heterocycles. The van der Waals surface area contributed by atoms with Crippen LogP contribution in [0.25, 0.3) is 0 Å². The molecule has 0 atom stereocenters. The number of hydrogen-bond donors (Lipinski definition) is 1. The predicted octanol–water partition coefficient (Wildman–Crippen LogP) is 2.77. The molecule has 2 rings (SSSR count). The lowest BCUT2D eigenvalue weighted by Gasteiger charge is -2.04. The quantitative estimate of drug-likeness (QED) is 0.909. The Balaban J connectivity index is 2.22. The number of benzene rings is 1. The van der Waals surface area contributed by atoms with Crippen LogP contribution in [0.1, 0.15) is 16.1 Å². The highest BCUT2D eigenvalue weighted by Gasteiger charge is 2.12. The minimum atomic E-state index is -0.481. The molecule has 0 saturated carbocycles. The molecule has 1 N–H and O–H groups in total. The summed E-state index contributed by atoms with van der Waals surface area (Å²) in [6.07, 6.45) is 0. The van der Waals surface area contributed by atoms with E-state index in [0.29, 0.717) is 5.82 Å². The van der Waals surface area contributed by atoms with Gasteiger partial charge < -0.3 is 5.32 Å². The van der Waals surface area contributed by atoms with Crippen molar-refractivity contribution in [2.45, 2.75) is 6.92 Å². The third kappa shape index (κ3) is 2.51. The molecule has 1 amide bonds. The third-order valence-electron chi connectivity index (χ3n) is 2.53. The summed E-state index contributed by atoms with van der Waals surface area (Å²) in [5.41, 5.74) is 1.12.